The van der Waals surface area contributed by atoms with Crippen molar-refractivity contribution in [3.05, 3.63) is 0 Å². The molecule has 0 amide bonds. The van der Waals surface area contributed by atoms with E-state index in [0.717, 1.165) is 0 Å². The molecule has 0 spiro atoms. The zero-order valence-corrected chi connectivity index (χ0v) is 11.4. The normalized spacial score (nSPS) is 10.3. The monoisotopic (exact) mass is 272 g/mol. The van der Waals surface area contributed by atoms with Gasteiger partial charge in [0, 0.05) is 27.3 Å². The van der Waals surface area contributed by atoms with Gasteiger partial charge in [-0.05, 0) is 0 Å². The lowest BCUT2D eigenvalue weighted by molar-refractivity contribution is 0.189. The molecule has 0 atom stereocenters. The van der Waals surface area contributed by atoms with Crippen LogP contribution in [0.15, 0.2) is 0 Å². The molecular weight excluding hydrogens is 252 g/mol. The van der Waals surface area contributed by atoms with Crippen molar-refractivity contribution in [2.75, 3.05) is 58.0 Å². The van der Waals surface area contributed by atoms with Gasteiger partial charge in [-0.2, -0.15) is 15.0 Å². The Morgan fingerprint density at radius 3 is 2.16 bits per heavy atom. The number of nitrogens with zero attached hydrogens (tertiary/aromatic N) is 4. The second-order valence-corrected chi connectivity index (χ2v) is 3.56. The van der Waals surface area contributed by atoms with Crippen LogP contribution in [0.3, 0.4) is 0 Å². The van der Waals surface area contributed by atoms with Crippen LogP contribution in [0, 0.1) is 0 Å². The van der Waals surface area contributed by atoms with Crippen molar-refractivity contribution in [2.45, 2.75) is 0 Å². The average Bonchev–Trinajstić information content (AvgIpc) is 2.46. The van der Waals surface area contributed by atoms with Gasteiger partial charge < -0.3 is 19.1 Å². The van der Waals surface area contributed by atoms with Gasteiger partial charge in [0.25, 0.3) is 0 Å². The van der Waals surface area contributed by atoms with Crippen LogP contribution in [0.4, 0.5) is 11.9 Å². The highest BCUT2D eigenvalue weighted by molar-refractivity contribution is 5.37. The minimum absolute atomic E-state index is 0.192. The Kier molecular flexibility index (Phi) is 6.79. The van der Waals surface area contributed by atoms with Gasteiger partial charge in [0.2, 0.25) is 11.9 Å². The molecule has 0 aromatic carbocycles. The number of nitrogen functional groups attached to an aromatic ring is 1. The van der Waals surface area contributed by atoms with Crippen LogP contribution < -0.4 is 20.9 Å². The molecule has 9 heteroatoms. The Balaban J connectivity index is 2.91. The molecule has 9 nitrogen and oxygen atoms in total. The number of nitrogens with two attached hydrogens (primary N) is 1. The molecule has 0 aliphatic rings. The summed E-state index contributed by atoms with van der Waals surface area (Å²) in [7, 11) is 4.75. The van der Waals surface area contributed by atoms with Crippen LogP contribution in [0.25, 0.3) is 0 Å². The Labute approximate surface area is 112 Å². The number of hydrogen-bond acceptors (Lipinski definition) is 9. The van der Waals surface area contributed by atoms with E-state index in [9.17, 15) is 0 Å². The average molecular weight is 272 g/mol. The van der Waals surface area contributed by atoms with Crippen LogP contribution in [0.1, 0.15) is 0 Å². The summed E-state index contributed by atoms with van der Waals surface area (Å²) in [6, 6.07) is 0.192. The lowest BCUT2D eigenvalue weighted by Crippen LogP contribution is -2.32. The molecule has 0 aliphatic heterocycles. The van der Waals surface area contributed by atoms with Gasteiger partial charge in [-0.3, -0.25) is 5.43 Å². The van der Waals surface area contributed by atoms with Crippen LogP contribution >= 0.6 is 0 Å². The summed E-state index contributed by atoms with van der Waals surface area (Å²) in [5, 5.41) is 0. The predicted octanol–water partition coefficient (Wildman–Crippen LogP) is -0.735. The van der Waals surface area contributed by atoms with E-state index in [2.05, 4.69) is 20.4 Å². The van der Waals surface area contributed by atoms with Crippen LogP contribution in [0.5, 0.6) is 6.01 Å². The molecule has 0 fully saturated rings. The standard InChI is InChI=1S/C10H20N6O3/c1-17-6-4-16(5-7-18-2)9-12-8(15-11)13-10(14-9)19-3/h4-7,11H2,1-3H3,(H,12,13,14,15). The van der Waals surface area contributed by atoms with Crippen LogP contribution in [0.2, 0.25) is 0 Å². The lowest BCUT2D eigenvalue weighted by atomic mass is 10.5. The second kappa shape index (κ2) is 8.40. The number of hydrogen-bond donors (Lipinski definition) is 2. The summed E-state index contributed by atoms with van der Waals surface area (Å²) >= 11 is 0. The zero-order chi connectivity index (χ0) is 14.1. The van der Waals surface area contributed by atoms with Crippen molar-refractivity contribution >= 4 is 11.9 Å². The molecule has 0 bridgehead atoms. The van der Waals surface area contributed by atoms with E-state index in [4.69, 9.17) is 20.1 Å². The first-order chi connectivity index (χ1) is 9.24. The fourth-order valence-corrected chi connectivity index (χ4v) is 1.36. The fraction of sp³-hybridized carbons (Fsp3) is 0.700. The first-order valence-corrected chi connectivity index (χ1v) is 5.74. The quantitative estimate of drug-likeness (QED) is 0.444. The maximum absolute atomic E-state index is 5.32. The smallest absolute Gasteiger partial charge is 0.322 e. The Morgan fingerprint density at radius 1 is 1.05 bits per heavy atom. The summed E-state index contributed by atoms with van der Waals surface area (Å²) in [4.78, 5) is 14.2. The molecule has 0 unspecified atom stereocenters. The highest BCUT2D eigenvalue weighted by atomic mass is 16.5. The maximum Gasteiger partial charge on any atom is 0.322 e. The molecule has 1 aromatic heterocycles. The summed E-state index contributed by atoms with van der Waals surface area (Å²) in [5.74, 6) is 6.01. The third kappa shape index (κ3) is 4.81. The number of rotatable bonds is 9. The summed E-state index contributed by atoms with van der Waals surface area (Å²) < 4.78 is 15.1. The molecule has 0 aliphatic carbocycles. The van der Waals surface area contributed by atoms with E-state index in [1.165, 1.54) is 7.11 Å². The lowest BCUT2D eigenvalue weighted by Gasteiger charge is -2.22. The van der Waals surface area contributed by atoms with Crippen molar-refractivity contribution in [3.63, 3.8) is 0 Å². The van der Waals surface area contributed by atoms with Gasteiger partial charge >= 0.3 is 6.01 Å². The minimum Gasteiger partial charge on any atom is -0.467 e. The van der Waals surface area contributed by atoms with E-state index in [-0.39, 0.29) is 12.0 Å². The number of aromatic nitrogens is 3. The molecule has 108 valence electrons. The van der Waals surface area contributed by atoms with Gasteiger partial charge in [-0.25, -0.2) is 5.84 Å². The number of hydrazine groups is 1. The van der Waals surface area contributed by atoms with Crippen LogP contribution in [-0.4, -0.2) is 62.6 Å². The number of methoxy groups -OCH3 is 3. The van der Waals surface area contributed by atoms with E-state index in [1.807, 2.05) is 4.90 Å². The highest BCUT2D eigenvalue weighted by Crippen LogP contribution is 2.14. The first-order valence-electron chi connectivity index (χ1n) is 5.74. The Morgan fingerprint density at radius 2 is 1.68 bits per heavy atom. The molecule has 0 saturated carbocycles. The van der Waals surface area contributed by atoms with Crippen LogP contribution in [-0.2, 0) is 9.47 Å². The molecule has 0 saturated heterocycles. The topological polar surface area (TPSA) is 108 Å². The number of ether oxygens (including phenoxy) is 3. The van der Waals surface area contributed by atoms with Crippen molar-refractivity contribution in [1.82, 2.24) is 15.0 Å². The summed E-state index contributed by atoms with van der Waals surface area (Å²) in [6.07, 6.45) is 0. The Hall–Kier alpha value is -1.71. The maximum atomic E-state index is 5.32. The van der Waals surface area contributed by atoms with Crippen molar-refractivity contribution in [2.24, 2.45) is 5.84 Å². The molecular formula is C10H20N6O3. The molecule has 1 heterocycles. The molecule has 1 rings (SSSR count). The predicted molar refractivity (Wildman–Crippen MR) is 70.2 cm³/mol. The third-order valence-electron chi connectivity index (χ3n) is 2.33. The van der Waals surface area contributed by atoms with Gasteiger partial charge in [0.15, 0.2) is 0 Å². The third-order valence-corrected chi connectivity index (χ3v) is 2.33. The summed E-state index contributed by atoms with van der Waals surface area (Å²) in [5.41, 5.74) is 2.38. The van der Waals surface area contributed by atoms with E-state index in [1.54, 1.807) is 14.2 Å². The number of anilines is 2. The van der Waals surface area contributed by atoms with Gasteiger partial charge in [-0.15, -0.1) is 0 Å². The highest BCUT2D eigenvalue weighted by Gasteiger charge is 2.13. The first kappa shape index (κ1) is 15.3. The fourth-order valence-electron chi connectivity index (χ4n) is 1.36. The SMILES string of the molecule is COCCN(CCOC)c1nc(NN)nc(OC)n1. The van der Waals surface area contributed by atoms with Gasteiger partial charge in [0.05, 0.1) is 20.3 Å². The summed E-state index contributed by atoms with van der Waals surface area (Å²) in [6.45, 7) is 2.33. The largest absolute Gasteiger partial charge is 0.467 e. The van der Waals surface area contributed by atoms with Crippen molar-refractivity contribution in [1.29, 1.82) is 0 Å². The van der Waals surface area contributed by atoms with Crippen molar-refractivity contribution < 1.29 is 14.2 Å². The minimum atomic E-state index is 0.192. The second-order valence-electron chi connectivity index (χ2n) is 3.56. The van der Waals surface area contributed by atoms with E-state index in [0.29, 0.717) is 32.3 Å². The molecule has 3 N–H and O–H groups in total. The van der Waals surface area contributed by atoms with Gasteiger partial charge in [-0.1, -0.05) is 0 Å². The van der Waals surface area contributed by atoms with E-state index >= 15 is 0 Å². The molecule has 1 aromatic rings. The van der Waals surface area contributed by atoms with Gasteiger partial charge in [0.1, 0.15) is 0 Å². The molecule has 0 radical (unpaired) electrons. The Bertz CT molecular complexity index is 348. The zero-order valence-electron chi connectivity index (χ0n) is 11.4. The molecule has 19 heavy (non-hydrogen) atoms. The van der Waals surface area contributed by atoms with Crippen molar-refractivity contribution in [3.8, 4) is 6.01 Å². The number of nitrogens with one attached hydrogen (secondary N) is 1. The van der Waals surface area contributed by atoms with E-state index < -0.39 is 0 Å².